The highest BCUT2D eigenvalue weighted by Gasteiger charge is 2.38. The molecule has 0 bridgehead atoms. The quantitative estimate of drug-likeness (QED) is 0.244. The van der Waals surface area contributed by atoms with Gasteiger partial charge >= 0.3 is 0 Å². The maximum Gasteiger partial charge on any atom is 0.253 e. The fourth-order valence-corrected chi connectivity index (χ4v) is 5.39. The first-order valence-corrected chi connectivity index (χ1v) is 14.8. The molecule has 2 aromatic carbocycles. The van der Waals surface area contributed by atoms with E-state index in [0.717, 1.165) is 40.8 Å². The van der Waals surface area contributed by atoms with Crippen LogP contribution in [0.25, 0.3) is 5.69 Å². The third kappa shape index (κ3) is 8.09. The highest BCUT2D eigenvalue weighted by atomic mass is 19.1. The summed E-state index contributed by atoms with van der Waals surface area (Å²) in [6.07, 6.45) is 4.26. The molecule has 11 nitrogen and oxygen atoms in total. The number of aliphatic hydroxyl groups is 1. The van der Waals surface area contributed by atoms with Crippen molar-refractivity contribution < 1.29 is 33.1 Å². The summed E-state index contributed by atoms with van der Waals surface area (Å²) in [5, 5.41) is 17.3. The standard InChI is InChI=1S/C33H38F2N6O5/c1-33(2,3)31(40(29(45)20-42)15-13-25(36)32(46)37-14-16-39-27(43)11-12-28(39)44)30-22(17-21-7-5-4-6-8-21)19-41(38-30)26-18-23(34)9-10-24(26)35/h4-12,18-19,25,31,42H,13-17,20,36H2,1-3H3,(H,37,46)/t25-,31-/m0/s1. The van der Waals surface area contributed by atoms with Gasteiger partial charge in [0.2, 0.25) is 11.8 Å². The number of rotatable bonds is 13. The Kier molecular flexibility index (Phi) is 10.8. The summed E-state index contributed by atoms with van der Waals surface area (Å²) in [6.45, 7) is 4.74. The molecule has 3 aromatic rings. The summed E-state index contributed by atoms with van der Waals surface area (Å²) >= 11 is 0. The minimum absolute atomic E-state index is 0.000532. The fraction of sp³-hybridized carbons (Fsp3) is 0.364. The zero-order chi connectivity index (χ0) is 33.6. The van der Waals surface area contributed by atoms with Crippen molar-refractivity contribution in [2.75, 3.05) is 26.2 Å². The Bertz CT molecular complexity index is 1600. The second-order valence-corrected chi connectivity index (χ2v) is 12.1. The van der Waals surface area contributed by atoms with E-state index < -0.39 is 59.4 Å². The maximum atomic E-state index is 14.9. The van der Waals surface area contributed by atoms with Crippen LogP contribution in [0.4, 0.5) is 8.78 Å². The topological polar surface area (TPSA) is 151 Å². The van der Waals surface area contributed by atoms with E-state index in [9.17, 15) is 33.1 Å². The number of carbonyl (C=O) groups excluding carboxylic acids is 4. The summed E-state index contributed by atoms with van der Waals surface area (Å²) in [4.78, 5) is 52.0. The number of halogens is 2. The Balaban J connectivity index is 1.62. The van der Waals surface area contributed by atoms with Crippen LogP contribution >= 0.6 is 0 Å². The predicted molar refractivity (Wildman–Crippen MR) is 165 cm³/mol. The van der Waals surface area contributed by atoms with Gasteiger partial charge < -0.3 is 21.1 Å². The lowest BCUT2D eigenvalue weighted by Gasteiger charge is -2.40. The van der Waals surface area contributed by atoms with Gasteiger partial charge in [0.1, 0.15) is 23.9 Å². The van der Waals surface area contributed by atoms with Crippen LogP contribution in [0.5, 0.6) is 0 Å². The molecule has 4 N–H and O–H groups in total. The first-order chi connectivity index (χ1) is 21.8. The first kappa shape index (κ1) is 34.1. The van der Waals surface area contributed by atoms with Gasteiger partial charge in [0.25, 0.3) is 11.8 Å². The van der Waals surface area contributed by atoms with Crippen LogP contribution in [0.3, 0.4) is 0 Å². The summed E-state index contributed by atoms with van der Waals surface area (Å²) in [5.74, 6) is -3.46. The molecule has 4 rings (SSSR count). The molecule has 4 amide bonds. The first-order valence-electron chi connectivity index (χ1n) is 14.8. The number of hydrogen-bond donors (Lipinski definition) is 3. The Hall–Kier alpha value is -4.75. The summed E-state index contributed by atoms with van der Waals surface area (Å²) in [5.41, 5.74) is 7.35. The molecule has 0 spiro atoms. The Labute approximate surface area is 265 Å². The Morgan fingerprint density at radius 2 is 1.74 bits per heavy atom. The number of aliphatic hydroxyl groups excluding tert-OH is 1. The monoisotopic (exact) mass is 636 g/mol. The third-order valence-electron chi connectivity index (χ3n) is 7.61. The van der Waals surface area contributed by atoms with Gasteiger partial charge in [-0.25, -0.2) is 13.5 Å². The number of imide groups is 1. The molecular formula is C33H38F2N6O5. The number of nitrogens with two attached hydrogens (primary N) is 1. The largest absolute Gasteiger partial charge is 0.387 e. The molecule has 13 heteroatoms. The molecule has 0 saturated heterocycles. The van der Waals surface area contributed by atoms with Crippen molar-refractivity contribution in [2.45, 2.75) is 45.7 Å². The maximum absolute atomic E-state index is 14.9. The molecule has 0 radical (unpaired) electrons. The predicted octanol–water partition coefficient (Wildman–Crippen LogP) is 2.41. The van der Waals surface area contributed by atoms with E-state index >= 15 is 0 Å². The van der Waals surface area contributed by atoms with Crippen molar-refractivity contribution in [3.05, 3.63) is 95.3 Å². The molecule has 0 fully saturated rings. The van der Waals surface area contributed by atoms with Crippen LogP contribution < -0.4 is 11.1 Å². The van der Waals surface area contributed by atoms with Crippen LogP contribution in [0.15, 0.2) is 66.9 Å². The van der Waals surface area contributed by atoms with Crippen molar-refractivity contribution in [3.63, 3.8) is 0 Å². The third-order valence-corrected chi connectivity index (χ3v) is 7.61. The smallest absolute Gasteiger partial charge is 0.253 e. The average Bonchev–Trinajstić information content (AvgIpc) is 3.57. The molecule has 46 heavy (non-hydrogen) atoms. The molecular weight excluding hydrogens is 598 g/mol. The van der Waals surface area contributed by atoms with Crippen molar-refractivity contribution in [2.24, 2.45) is 11.1 Å². The SMILES string of the molecule is CC(C)(C)[C@H](c1nn(-c2cc(F)ccc2F)cc1Cc1ccccc1)N(CC[C@H](N)C(=O)NCCN1C(=O)C=CC1=O)C(=O)CO. The molecule has 1 aromatic heterocycles. The Morgan fingerprint density at radius 3 is 2.37 bits per heavy atom. The van der Waals surface area contributed by atoms with E-state index in [0.29, 0.717) is 17.7 Å². The Morgan fingerprint density at radius 1 is 1.07 bits per heavy atom. The lowest BCUT2D eigenvalue weighted by molar-refractivity contribution is -0.140. The molecule has 1 aliphatic rings. The van der Waals surface area contributed by atoms with E-state index in [2.05, 4.69) is 5.32 Å². The van der Waals surface area contributed by atoms with Gasteiger partial charge in [-0.3, -0.25) is 24.1 Å². The lowest BCUT2D eigenvalue weighted by Crippen LogP contribution is -2.48. The lowest BCUT2D eigenvalue weighted by atomic mass is 9.81. The van der Waals surface area contributed by atoms with Gasteiger partial charge in [-0.15, -0.1) is 0 Å². The molecule has 0 saturated carbocycles. The van der Waals surface area contributed by atoms with Crippen molar-refractivity contribution in [1.82, 2.24) is 24.9 Å². The van der Waals surface area contributed by atoms with Gasteiger partial charge in [-0.2, -0.15) is 5.10 Å². The van der Waals surface area contributed by atoms with Gasteiger partial charge in [0.15, 0.2) is 0 Å². The number of nitrogens with zero attached hydrogens (tertiary/aromatic N) is 4. The summed E-state index contributed by atoms with van der Waals surface area (Å²) in [7, 11) is 0. The molecule has 2 atom stereocenters. The summed E-state index contributed by atoms with van der Waals surface area (Å²) < 4.78 is 30.3. The number of nitrogens with one attached hydrogen (secondary N) is 1. The number of carbonyl (C=O) groups is 4. The van der Waals surface area contributed by atoms with Crippen LogP contribution in [0, 0.1) is 17.0 Å². The van der Waals surface area contributed by atoms with Gasteiger partial charge in [0.05, 0.1) is 17.8 Å². The number of aromatic nitrogens is 2. The number of amides is 4. The second kappa shape index (κ2) is 14.6. The normalized spacial score (nSPS) is 14.5. The zero-order valence-corrected chi connectivity index (χ0v) is 26.0. The van der Waals surface area contributed by atoms with E-state index in [1.54, 1.807) is 6.20 Å². The van der Waals surface area contributed by atoms with Crippen LogP contribution in [0.1, 0.15) is 50.1 Å². The van der Waals surface area contributed by atoms with Crippen molar-refractivity contribution in [1.29, 1.82) is 0 Å². The van der Waals surface area contributed by atoms with Crippen LogP contribution in [0.2, 0.25) is 0 Å². The minimum Gasteiger partial charge on any atom is -0.387 e. The molecule has 1 aliphatic heterocycles. The van der Waals surface area contributed by atoms with Crippen molar-refractivity contribution >= 4 is 23.6 Å². The average molecular weight is 637 g/mol. The van der Waals surface area contributed by atoms with E-state index in [4.69, 9.17) is 10.8 Å². The molecule has 0 unspecified atom stereocenters. The fourth-order valence-electron chi connectivity index (χ4n) is 5.39. The minimum atomic E-state index is -1.07. The van der Waals surface area contributed by atoms with Crippen LogP contribution in [-0.2, 0) is 25.6 Å². The summed E-state index contributed by atoms with van der Waals surface area (Å²) in [6, 6.07) is 10.7. The van der Waals surface area contributed by atoms with Gasteiger partial charge in [-0.1, -0.05) is 51.1 Å². The van der Waals surface area contributed by atoms with E-state index in [1.165, 1.54) is 9.58 Å². The molecule has 2 heterocycles. The van der Waals surface area contributed by atoms with Gasteiger partial charge in [0, 0.05) is 56.0 Å². The zero-order valence-electron chi connectivity index (χ0n) is 26.0. The molecule has 244 valence electrons. The number of hydrogen-bond acceptors (Lipinski definition) is 7. The number of benzene rings is 2. The highest BCUT2D eigenvalue weighted by molar-refractivity contribution is 6.12. The highest BCUT2D eigenvalue weighted by Crippen LogP contribution is 2.40. The van der Waals surface area contributed by atoms with Gasteiger partial charge in [-0.05, 0) is 29.5 Å². The van der Waals surface area contributed by atoms with E-state index in [1.807, 2.05) is 51.1 Å². The van der Waals surface area contributed by atoms with Crippen molar-refractivity contribution in [3.8, 4) is 5.69 Å². The second-order valence-electron chi connectivity index (χ2n) is 12.1. The molecule has 0 aliphatic carbocycles. The van der Waals surface area contributed by atoms with E-state index in [-0.39, 0.29) is 31.7 Å². The van der Waals surface area contributed by atoms with Crippen LogP contribution in [-0.4, -0.2) is 80.6 Å².